The second kappa shape index (κ2) is 12.4. The van der Waals surface area contributed by atoms with E-state index in [0.717, 1.165) is 70.0 Å². The Morgan fingerprint density at radius 1 is 0.628 bits per heavy atom. The van der Waals surface area contributed by atoms with Crippen LogP contribution in [0.4, 0.5) is 0 Å². The van der Waals surface area contributed by atoms with E-state index < -0.39 is 8.07 Å². The number of thioether (sulfide) groups is 1. The zero-order chi connectivity index (χ0) is 29.1. The summed E-state index contributed by atoms with van der Waals surface area (Å²) in [6.07, 6.45) is 39.0. The molecule has 2 heteroatoms. The molecule has 6 fully saturated rings. The van der Waals surface area contributed by atoms with Gasteiger partial charge in [0.05, 0.1) is 0 Å². The summed E-state index contributed by atoms with van der Waals surface area (Å²) in [5, 5.41) is 0.915. The molecular formula is C41H64SSi. The fraction of sp³-hybridized carbons (Fsp3) is 0.854. The summed E-state index contributed by atoms with van der Waals surface area (Å²) in [5.41, 5.74) is 4.86. The molecule has 1 aliphatic heterocycles. The average Bonchev–Trinajstić information content (AvgIpc) is 3.42. The lowest BCUT2D eigenvalue weighted by atomic mass is 9.56. The minimum absolute atomic E-state index is 0.824. The lowest BCUT2D eigenvalue weighted by Crippen LogP contribution is -2.39. The Bertz CT molecular complexity index is 1100. The molecule has 1 heterocycles. The molecule has 43 heavy (non-hydrogen) atoms. The van der Waals surface area contributed by atoms with Gasteiger partial charge in [-0.1, -0.05) is 101 Å². The van der Waals surface area contributed by atoms with Gasteiger partial charge in [0.25, 0.3) is 0 Å². The number of allylic oxidation sites excluding steroid dienone is 5. The molecule has 0 aromatic heterocycles. The molecule has 7 aliphatic carbocycles. The van der Waals surface area contributed by atoms with Crippen LogP contribution in [-0.4, -0.2) is 13.3 Å². The van der Waals surface area contributed by atoms with Crippen LogP contribution in [0.15, 0.2) is 34.3 Å². The minimum Gasteiger partial charge on any atom is -0.122 e. The van der Waals surface area contributed by atoms with Crippen LogP contribution in [-0.2, 0) is 0 Å². The SMILES string of the molecule is C[Si](C)(C)C1CCC(C2CC(C3=CC4CCC5CCCCC5C4CC3)CC(C3C=C4SC5CCCCC5C4=CC3)C2)CC1. The molecule has 238 valence electrons. The third kappa shape index (κ3) is 6.02. The van der Waals surface area contributed by atoms with Crippen molar-refractivity contribution in [1.29, 1.82) is 0 Å². The zero-order valence-corrected chi connectivity index (χ0v) is 30.0. The molecule has 0 N–H and O–H groups in total. The molecule has 10 atom stereocenters. The largest absolute Gasteiger partial charge is 0.122 e. The van der Waals surface area contributed by atoms with E-state index >= 15 is 0 Å². The molecule has 1 saturated heterocycles. The first-order chi connectivity index (χ1) is 20.9. The van der Waals surface area contributed by atoms with Crippen molar-refractivity contribution in [3.8, 4) is 0 Å². The Morgan fingerprint density at radius 2 is 1.40 bits per heavy atom. The van der Waals surface area contributed by atoms with E-state index in [9.17, 15) is 0 Å². The maximum Gasteiger partial charge on any atom is 0.0473 e. The molecular weight excluding hydrogens is 553 g/mol. The van der Waals surface area contributed by atoms with Gasteiger partial charge < -0.3 is 0 Å². The molecule has 0 spiro atoms. The lowest BCUT2D eigenvalue weighted by Gasteiger charge is -2.49. The predicted molar refractivity (Wildman–Crippen MR) is 190 cm³/mol. The summed E-state index contributed by atoms with van der Waals surface area (Å²) in [6, 6.07) is 0. The lowest BCUT2D eigenvalue weighted by molar-refractivity contribution is 0.0581. The Morgan fingerprint density at radius 3 is 2.26 bits per heavy atom. The fourth-order valence-corrected chi connectivity index (χ4v) is 16.7. The highest BCUT2D eigenvalue weighted by atomic mass is 32.2. The third-order valence-corrected chi connectivity index (χ3v) is 19.9. The molecule has 10 unspecified atom stereocenters. The minimum atomic E-state index is -0.997. The number of hydrogen-bond donors (Lipinski definition) is 0. The van der Waals surface area contributed by atoms with E-state index in [1.54, 1.807) is 74.7 Å². The zero-order valence-electron chi connectivity index (χ0n) is 28.2. The van der Waals surface area contributed by atoms with Gasteiger partial charge in [0.15, 0.2) is 0 Å². The summed E-state index contributed by atoms with van der Waals surface area (Å²) in [7, 11) is -0.997. The van der Waals surface area contributed by atoms with Crippen LogP contribution < -0.4 is 0 Å². The Kier molecular flexibility index (Phi) is 8.71. The first kappa shape index (κ1) is 30.1. The molecule has 0 nitrogen and oxygen atoms in total. The fourth-order valence-electron chi connectivity index (χ4n) is 12.9. The molecule has 0 aromatic rings. The molecule has 5 saturated carbocycles. The van der Waals surface area contributed by atoms with Crippen molar-refractivity contribution in [2.75, 3.05) is 0 Å². The van der Waals surface area contributed by atoms with Crippen LogP contribution in [0.25, 0.3) is 0 Å². The van der Waals surface area contributed by atoms with Crippen molar-refractivity contribution in [2.24, 2.45) is 59.2 Å². The van der Waals surface area contributed by atoms with Crippen molar-refractivity contribution in [2.45, 2.75) is 159 Å². The molecule has 8 aliphatic rings. The van der Waals surface area contributed by atoms with Gasteiger partial charge in [-0.3, -0.25) is 0 Å². The second-order valence-corrected chi connectivity index (χ2v) is 25.3. The molecule has 8 rings (SSSR count). The third-order valence-electron chi connectivity index (χ3n) is 15.3. The average molecular weight is 617 g/mol. The molecule has 0 amide bonds. The number of fused-ring (bicyclic) bond motifs is 6. The van der Waals surface area contributed by atoms with Crippen molar-refractivity contribution in [3.05, 3.63) is 34.3 Å². The standard InChI is InChI=1S/C41H64SSi/c1-43(2,3)35-18-14-27(15-19-35)32-23-33(29-16-20-37-31(22-29)13-12-28-8-4-5-9-36(28)37)25-34(24-32)30-17-21-39-38-10-6-7-11-40(38)42-41(39)26-30/h21-22,26-28,30-38,40H,4-20,23-25H2,1-3H3. The van der Waals surface area contributed by atoms with E-state index in [0.29, 0.717) is 0 Å². The van der Waals surface area contributed by atoms with E-state index in [1.807, 2.05) is 5.57 Å². The number of rotatable bonds is 4. The summed E-state index contributed by atoms with van der Waals surface area (Å²) < 4.78 is 0. The smallest absolute Gasteiger partial charge is 0.0473 e. The van der Waals surface area contributed by atoms with E-state index in [-0.39, 0.29) is 0 Å². The van der Waals surface area contributed by atoms with Gasteiger partial charge in [-0.2, -0.15) is 0 Å². The van der Waals surface area contributed by atoms with Gasteiger partial charge in [-0.25, -0.2) is 0 Å². The van der Waals surface area contributed by atoms with Crippen LogP contribution in [0.3, 0.4) is 0 Å². The van der Waals surface area contributed by atoms with Crippen molar-refractivity contribution in [3.63, 3.8) is 0 Å². The predicted octanol–water partition coefficient (Wildman–Crippen LogP) is 12.6. The molecule has 0 radical (unpaired) electrons. The quantitative estimate of drug-likeness (QED) is 0.224. The van der Waals surface area contributed by atoms with E-state index in [4.69, 9.17) is 0 Å². The van der Waals surface area contributed by atoms with Crippen molar-refractivity contribution >= 4 is 19.8 Å². The topological polar surface area (TPSA) is 0 Å². The monoisotopic (exact) mass is 616 g/mol. The molecule has 0 aromatic carbocycles. The summed E-state index contributed by atoms with van der Waals surface area (Å²) in [4.78, 5) is 1.76. The Labute approximate surface area is 271 Å². The Hall–Kier alpha value is -0.213. The number of hydrogen-bond acceptors (Lipinski definition) is 1. The van der Waals surface area contributed by atoms with Crippen molar-refractivity contribution < 1.29 is 0 Å². The summed E-state index contributed by atoms with van der Waals surface area (Å²) in [6.45, 7) is 7.93. The maximum absolute atomic E-state index is 2.97. The highest BCUT2D eigenvalue weighted by molar-refractivity contribution is 8.04. The summed E-state index contributed by atoms with van der Waals surface area (Å²) >= 11 is 2.31. The Balaban J connectivity index is 1.01. The van der Waals surface area contributed by atoms with Gasteiger partial charge in [0, 0.05) is 18.2 Å². The van der Waals surface area contributed by atoms with Crippen LogP contribution in [0.1, 0.15) is 128 Å². The first-order valence-corrected chi connectivity index (χ1v) is 24.2. The highest BCUT2D eigenvalue weighted by Gasteiger charge is 2.45. The second-order valence-electron chi connectivity index (χ2n) is 18.4. The summed E-state index contributed by atoms with van der Waals surface area (Å²) in [5.74, 6) is 9.75. The van der Waals surface area contributed by atoms with Crippen LogP contribution in [0.2, 0.25) is 25.2 Å². The van der Waals surface area contributed by atoms with E-state index in [2.05, 4.69) is 49.6 Å². The maximum atomic E-state index is 2.97. The highest BCUT2D eigenvalue weighted by Crippen LogP contribution is 2.58. The van der Waals surface area contributed by atoms with Crippen LogP contribution in [0, 0.1) is 59.2 Å². The van der Waals surface area contributed by atoms with Gasteiger partial charge in [0.2, 0.25) is 0 Å². The molecule has 0 bridgehead atoms. The van der Waals surface area contributed by atoms with Gasteiger partial charge >= 0.3 is 0 Å². The normalized spacial score (nSPS) is 46.8. The van der Waals surface area contributed by atoms with Gasteiger partial charge in [-0.15, -0.1) is 11.8 Å². The van der Waals surface area contributed by atoms with E-state index in [1.165, 1.54) is 64.2 Å². The first-order valence-electron chi connectivity index (χ1n) is 19.7. The van der Waals surface area contributed by atoms with Crippen LogP contribution >= 0.6 is 11.8 Å². The van der Waals surface area contributed by atoms with Gasteiger partial charge in [-0.05, 0) is 141 Å². The van der Waals surface area contributed by atoms with Crippen molar-refractivity contribution in [1.82, 2.24) is 0 Å². The van der Waals surface area contributed by atoms with Crippen LogP contribution in [0.5, 0.6) is 0 Å². The van der Waals surface area contributed by atoms with Gasteiger partial charge in [0.1, 0.15) is 0 Å².